The molecule has 0 fully saturated rings. The fraction of sp³-hybridized carbons (Fsp3) is 0.0455. The van der Waals surface area contributed by atoms with Crippen LogP contribution in [0.4, 0.5) is 13.2 Å². The van der Waals surface area contributed by atoms with Gasteiger partial charge in [0.25, 0.3) is 0 Å². The van der Waals surface area contributed by atoms with Crippen LogP contribution < -0.4 is 0 Å². The van der Waals surface area contributed by atoms with Gasteiger partial charge in [0.2, 0.25) is 0 Å². The molecule has 0 amide bonds. The number of aromatic nitrogens is 2. The molecule has 0 saturated heterocycles. The molecular formula is C22H15F3N2. The molecule has 0 radical (unpaired) electrons. The van der Waals surface area contributed by atoms with Crippen LogP contribution in [0.1, 0.15) is 16.7 Å². The largest absolute Gasteiger partial charge is 0.319 e. The van der Waals surface area contributed by atoms with E-state index in [1.54, 1.807) is 59.7 Å². The van der Waals surface area contributed by atoms with Crippen molar-refractivity contribution in [2.45, 2.75) is 5.54 Å². The first-order chi connectivity index (χ1) is 13.1. The zero-order chi connectivity index (χ0) is 18.9. The van der Waals surface area contributed by atoms with Crippen molar-refractivity contribution in [3.8, 4) is 0 Å². The van der Waals surface area contributed by atoms with Gasteiger partial charge in [0.1, 0.15) is 23.0 Å². The van der Waals surface area contributed by atoms with E-state index in [9.17, 15) is 13.2 Å². The number of imidazole rings is 1. The van der Waals surface area contributed by atoms with Crippen molar-refractivity contribution in [3.63, 3.8) is 0 Å². The van der Waals surface area contributed by atoms with Crippen LogP contribution in [0.15, 0.2) is 91.5 Å². The highest BCUT2D eigenvalue weighted by Crippen LogP contribution is 2.41. The molecule has 27 heavy (non-hydrogen) atoms. The number of nitrogens with zero attached hydrogens (tertiary/aromatic N) is 2. The SMILES string of the molecule is Fc1ccc(C(c2cccc(F)c2)(c2cccc(F)c2)n2ccnc2)cc1. The molecule has 3 aromatic carbocycles. The van der Waals surface area contributed by atoms with Gasteiger partial charge in [-0.1, -0.05) is 36.4 Å². The maximum Gasteiger partial charge on any atom is 0.123 e. The Hall–Kier alpha value is -3.34. The summed E-state index contributed by atoms with van der Waals surface area (Å²) in [5.41, 5.74) is 0.669. The van der Waals surface area contributed by atoms with Gasteiger partial charge in [-0.3, -0.25) is 0 Å². The molecular weight excluding hydrogens is 349 g/mol. The first-order valence-corrected chi connectivity index (χ1v) is 8.37. The Morgan fingerprint density at radius 3 is 1.74 bits per heavy atom. The molecule has 0 unspecified atom stereocenters. The maximum atomic E-state index is 14.2. The third kappa shape index (κ3) is 2.91. The molecule has 1 aromatic heterocycles. The van der Waals surface area contributed by atoms with E-state index in [2.05, 4.69) is 4.98 Å². The quantitative estimate of drug-likeness (QED) is 0.459. The zero-order valence-corrected chi connectivity index (χ0v) is 14.2. The number of hydrogen-bond acceptors (Lipinski definition) is 1. The predicted molar refractivity (Wildman–Crippen MR) is 96.7 cm³/mol. The molecule has 4 rings (SSSR count). The summed E-state index contributed by atoms with van der Waals surface area (Å²) >= 11 is 0. The van der Waals surface area contributed by atoms with E-state index < -0.39 is 23.0 Å². The summed E-state index contributed by atoms with van der Waals surface area (Å²) in [7, 11) is 0. The van der Waals surface area contributed by atoms with Crippen molar-refractivity contribution >= 4 is 0 Å². The van der Waals surface area contributed by atoms with Gasteiger partial charge < -0.3 is 4.57 Å². The fourth-order valence-corrected chi connectivity index (χ4v) is 3.52. The molecule has 0 aliphatic rings. The van der Waals surface area contributed by atoms with Crippen molar-refractivity contribution in [2.24, 2.45) is 0 Å². The molecule has 4 aromatic rings. The second-order valence-electron chi connectivity index (χ2n) is 6.21. The van der Waals surface area contributed by atoms with Crippen LogP contribution >= 0.6 is 0 Å². The van der Waals surface area contributed by atoms with Gasteiger partial charge in [-0.25, -0.2) is 18.2 Å². The molecule has 134 valence electrons. The topological polar surface area (TPSA) is 17.8 Å². The number of halogens is 3. The number of hydrogen-bond donors (Lipinski definition) is 0. The van der Waals surface area contributed by atoms with E-state index in [1.807, 2.05) is 0 Å². The van der Waals surface area contributed by atoms with Crippen molar-refractivity contribution in [1.82, 2.24) is 9.55 Å². The Labute approximate surface area is 154 Å². The Morgan fingerprint density at radius 2 is 1.26 bits per heavy atom. The lowest BCUT2D eigenvalue weighted by Gasteiger charge is -2.37. The van der Waals surface area contributed by atoms with Gasteiger partial charge >= 0.3 is 0 Å². The highest BCUT2D eigenvalue weighted by molar-refractivity contribution is 5.50. The van der Waals surface area contributed by atoms with Crippen LogP contribution in [0.2, 0.25) is 0 Å². The maximum absolute atomic E-state index is 14.2. The van der Waals surface area contributed by atoms with Gasteiger partial charge in [0.05, 0.1) is 6.33 Å². The van der Waals surface area contributed by atoms with Crippen LogP contribution in [0.5, 0.6) is 0 Å². The molecule has 0 N–H and O–H groups in total. The third-order valence-corrected chi connectivity index (χ3v) is 4.64. The number of rotatable bonds is 4. The summed E-state index contributed by atoms with van der Waals surface area (Å²) in [5.74, 6) is -1.23. The van der Waals surface area contributed by atoms with Gasteiger partial charge in [-0.2, -0.15) is 0 Å². The van der Waals surface area contributed by atoms with Gasteiger partial charge in [-0.05, 0) is 53.1 Å². The van der Waals surface area contributed by atoms with E-state index in [-0.39, 0.29) is 0 Å². The highest BCUT2D eigenvalue weighted by Gasteiger charge is 2.38. The molecule has 0 aliphatic heterocycles. The van der Waals surface area contributed by atoms with Crippen molar-refractivity contribution in [2.75, 3.05) is 0 Å². The lowest BCUT2D eigenvalue weighted by Crippen LogP contribution is -2.37. The van der Waals surface area contributed by atoms with Gasteiger partial charge in [-0.15, -0.1) is 0 Å². The van der Waals surface area contributed by atoms with Crippen molar-refractivity contribution in [1.29, 1.82) is 0 Å². The van der Waals surface area contributed by atoms with Gasteiger partial charge in [0.15, 0.2) is 0 Å². The monoisotopic (exact) mass is 364 g/mol. The van der Waals surface area contributed by atoms with E-state index in [0.717, 1.165) is 0 Å². The lowest BCUT2D eigenvalue weighted by atomic mass is 9.76. The minimum absolute atomic E-state index is 0.392. The van der Waals surface area contributed by atoms with Crippen LogP contribution in [0.3, 0.4) is 0 Å². The minimum Gasteiger partial charge on any atom is -0.319 e. The molecule has 0 bridgehead atoms. The Kier molecular flexibility index (Phi) is 4.28. The normalized spacial score (nSPS) is 11.5. The average molecular weight is 364 g/mol. The summed E-state index contributed by atoms with van der Waals surface area (Å²) in [6, 6.07) is 18.1. The Bertz CT molecular complexity index is 1010. The van der Waals surface area contributed by atoms with Crippen LogP contribution in [0, 0.1) is 17.5 Å². The van der Waals surface area contributed by atoms with Crippen molar-refractivity contribution in [3.05, 3.63) is 126 Å². The smallest absolute Gasteiger partial charge is 0.123 e. The summed E-state index contributed by atoms with van der Waals surface area (Å²) in [6.07, 6.45) is 4.90. The highest BCUT2D eigenvalue weighted by atomic mass is 19.1. The minimum atomic E-state index is -1.12. The van der Waals surface area contributed by atoms with Crippen LogP contribution in [-0.4, -0.2) is 9.55 Å². The Morgan fingerprint density at radius 1 is 0.667 bits per heavy atom. The first-order valence-electron chi connectivity index (χ1n) is 8.37. The molecule has 0 spiro atoms. The first kappa shape index (κ1) is 17.1. The third-order valence-electron chi connectivity index (χ3n) is 4.64. The zero-order valence-electron chi connectivity index (χ0n) is 14.2. The van der Waals surface area contributed by atoms with Crippen LogP contribution in [-0.2, 0) is 5.54 Å². The summed E-state index contributed by atoms with van der Waals surface area (Å²) in [4.78, 5) is 4.13. The fourth-order valence-electron chi connectivity index (χ4n) is 3.52. The van der Waals surface area contributed by atoms with E-state index in [0.29, 0.717) is 16.7 Å². The van der Waals surface area contributed by atoms with E-state index >= 15 is 0 Å². The summed E-state index contributed by atoms with van der Waals surface area (Å²) < 4.78 is 43.7. The van der Waals surface area contributed by atoms with Crippen molar-refractivity contribution < 1.29 is 13.2 Å². The molecule has 5 heteroatoms. The second-order valence-corrected chi connectivity index (χ2v) is 6.21. The number of benzene rings is 3. The standard InChI is InChI=1S/C22H15F3N2/c23-19-9-7-16(8-10-19)22(27-12-11-26-15-27,17-3-1-5-20(24)13-17)18-4-2-6-21(25)14-18/h1-15H. The molecule has 0 aliphatic carbocycles. The average Bonchev–Trinajstić information content (AvgIpc) is 3.19. The molecule has 0 saturated carbocycles. The second kappa shape index (κ2) is 6.76. The summed E-state index contributed by atoms with van der Waals surface area (Å²) in [5, 5.41) is 0. The van der Waals surface area contributed by atoms with E-state index in [1.165, 1.54) is 36.4 Å². The molecule has 2 nitrogen and oxygen atoms in total. The predicted octanol–water partition coefficient (Wildman–Crippen LogP) is 5.14. The lowest BCUT2D eigenvalue weighted by molar-refractivity contribution is 0.502. The Balaban J connectivity index is 2.13. The molecule has 1 heterocycles. The van der Waals surface area contributed by atoms with E-state index in [4.69, 9.17) is 0 Å². The van der Waals surface area contributed by atoms with Gasteiger partial charge in [0, 0.05) is 12.4 Å². The molecule has 0 atom stereocenters. The summed E-state index contributed by atoms with van der Waals surface area (Å²) in [6.45, 7) is 0. The van der Waals surface area contributed by atoms with Crippen LogP contribution in [0.25, 0.3) is 0 Å².